The summed E-state index contributed by atoms with van der Waals surface area (Å²) in [4.78, 5) is 16.2. The fourth-order valence-corrected chi connectivity index (χ4v) is 3.83. The van der Waals surface area contributed by atoms with Crippen molar-refractivity contribution < 1.29 is 9.47 Å². The van der Waals surface area contributed by atoms with Crippen molar-refractivity contribution in [2.75, 3.05) is 87.8 Å². The van der Waals surface area contributed by atoms with Crippen LogP contribution in [0.5, 0.6) is 5.75 Å². The number of piperazine rings is 1. The minimum absolute atomic E-state index is 0.697. The molecule has 2 aromatic rings. The van der Waals surface area contributed by atoms with E-state index in [-0.39, 0.29) is 0 Å². The first-order valence-corrected chi connectivity index (χ1v) is 10.3. The van der Waals surface area contributed by atoms with Crippen molar-refractivity contribution in [3.8, 4) is 5.75 Å². The molecule has 8 nitrogen and oxygen atoms in total. The zero-order valence-electron chi connectivity index (χ0n) is 17.1. The molecule has 2 fully saturated rings. The van der Waals surface area contributed by atoms with Gasteiger partial charge < -0.3 is 24.6 Å². The Balaban J connectivity index is 1.30. The molecule has 3 heterocycles. The first-order chi connectivity index (χ1) is 14.3. The lowest BCUT2D eigenvalue weighted by atomic mass is 10.2. The number of rotatable bonds is 7. The standard InChI is InChI=1S/C21H30N6O2/c1-28-19-5-3-2-4-18(19)26-10-12-27(13-11-26)20-6-7-22-21(24-20)23-8-9-25-14-16-29-17-15-25/h2-7H,8-17H2,1H3,(H,22,23,24). The number of morpholine rings is 1. The van der Waals surface area contributed by atoms with Crippen LogP contribution < -0.4 is 19.9 Å². The van der Waals surface area contributed by atoms with Crippen LogP contribution >= 0.6 is 0 Å². The summed E-state index contributed by atoms with van der Waals surface area (Å²) in [6.45, 7) is 9.18. The predicted octanol–water partition coefficient (Wildman–Crippen LogP) is 1.56. The zero-order chi connectivity index (χ0) is 19.9. The molecule has 4 rings (SSSR count). The third-order valence-electron chi connectivity index (χ3n) is 5.49. The molecule has 2 aliphatic heterocycles. The van der Waals surface area contributed by atoms with E-state index >= 15 is 0 Å². The van der Waals surface area contributed by atoms with E-state index in [0.717, 1.165) is 82.8 Å². The molecule has 0 aliphatic carbocycles. The van der Waals surface area contributed by atoms with Gasteiger partial charge in [-0.2, -0.15) is 4.98 Å². The van der Waals surface area contributed by atoms with E-state index in [2.05, 4.69) is 37.1 Å². The summed E-state index contributed by atoms with van der Waals surface area (Å²) >= 11 is 0. The Hall–Kier alpha value is -2.58. The first kappa shape index (κ1) is 19.7. The minimum atomic E-state index is 0.697. The summed E-state index contributed by atoms with van der Waals surface area (Å²) < 4.78 is 10.9. The lowest BCUT2D eigenvalue weighted by molar-refractivity contribution is 0.0398. The Kier molecular flexibility index (Phi) is 6.63. The molecular formula is C21H30N6O2. The molecule has 0 spiro atoms. The maximum absolute atomic E-state index is 5.51. The first-order valence-electron chi connectivity index (χ1n) is 10.3. The van der Waals surface area contributed by atoms with Crippen molar-refractivity contribution in [1.82, 2.24) is 14.9 Å². The number of anilines is 3. The van der Waals surface area contributed by atoms with E-state index in [4.69, 9.17) is 14.5 Å². The maximum atomic E-state index is 5.51. The van der Waals surface area contributed by atoms with Crippen LogP contribution in [-0.4, -0.2) is 87.5 Å². The minimum Gasteiger partial charge on any atom is -0.495 e. The number of hydrogen-bond donors (Lipinski definition) is 1. The van der Waals surface area contributed by atoms with Gasteiger partial charge in [0.15, 0.2) is 0 Å². The molecule has 2 saturated heterocycles. The molecule has 1 aromatic carbocycles. The monoisotopic (exact) mass is 398 g/mol. The molecule has 1 N–H and O–H groups in total. The van der Waals surface area contributed by atoms with Crippen LogP contribution in [0.15, 0.2) is 36.5 Å². The second-order valence-corrected chi connectivity index (χ2v) is 7.27. The van der Waals surface area contributed by atoms with Crippen molar-refractivity contribution in [2.24, 2.45) is 0 Å². The van der Waals surface area contributed by atoms with Gasteiger partial charge in [0.25, 0.3) is 0 Å². The highest BCUT2D eigenvalue weighted by Crippen LogP contribution is 2.29. The highest BCUT2D eigenvalue weighted by atomic mass is 16.5. The van der Waals surface area contributed by atoms with E-state index in [1.807, 2.05) is 24.4 Å². The summed E-state index contributed by atoms with van der Waals surface area (Å²) in [6.07, 6.45) is 1.84. The molecule has 0 amide bonds. The number of ether oxygens (including phenoxy) is 2. The highest BCUT2D eigenvalue weighted by molar-refractivity contribution is 5.59. The van der Waals surface area contributed by atoms with Gasteiger partial charge >= 0.3 is 0 Å². The van der Waals surface area contributed by atoms with Gasteiger partial charge in [-0.3, -0.25) is 4.90 Å². The van der Waals surface area contributed by atoms with Gasteiger partial charge in [0.2, 0.25) is 5.95 Å². The van der Waals surface area contributed by atoms with Crippen LogP contribution in [-0.2, 0) is 4.74 Å². The maximum Gasteiger partial charge on any atom is 0.224 e. The molecule has 0 atom stereocenters. The average Bonchev–Trinajstić information content (AvgIpc) is 2.80. The summed E-state index contributed by atoms with van der Waals surface area (Å²) in [6, 6.07) is 10.2. The molecule has 0 radical (unpaired) electrons. The largest absolute Gasteiger partial charge is 0.495 e. The van der Waals surface area contributed by atoms with Crippen LogP contribution in [0.2, 0.25) is 0 Å². The van der Waals surface area contributed by atoms with Gasteiger partial charge in [0.1, 0.15) is 11.6 Å². The van der Waals surface area contributed by atoms with E-state index in [1.165, 1.54) is 0 Å². The Morgan fingerprint density at radius 2 is 1.76 bits per heavy atom. The molecule has 156 valence electrons. The third-order valence-corrected chi connectivity index (χ3v) is 5.49. The molecular weight excluding hydrogens is 368 g/mol. The topological polar surface area (TPSA) is 66.0 Å². The second-order valence-electron chi connectivity index (χ2n) is 7.27. The van der Waals surface area contributed by atoms with Crippen LogP contribution in [0.3, 0.4) is 0 Å². The lowest BCUT2D eigenvalue weighted by Gasteiger charge is -2.37. The SMILES string of the molecule is COc1ccccc1N1CCN(c2ccnc(NCCN3CCOCC3)n2)CC1. The van der Waals surface area contributed by atoms with Gasteiger partial charge in [0, 0.05) is 58.6 Å². The summed E-state index contributed by atoms with van der Waals surface area (Å²) in [7, 11) is 1.73. The van der Waals surface area contributed by atoms with Crippen LogP contribution in [0.1, 0.15) is 0 Å². The van der Waals surface area contributed by atoms with Crippen molar-refractivity contribution in [3.05, 3.63) is 36.5 Å². The third kappa shape index (κ3) is 5.07. The van der Waals surface area contributed by atoms with Crippen molar-refractivity contribution in [2.45, 2.75) is 0 Å². The number of benzene rings is 1. The fraction of sp³-hybridized carbons (Fsp3) is 0.524. The Morgan fingerprint density at radius 1 is 1.00 bits per heavy atom. The van der Waals surface area contributed by atoms with Gasteiger partial charge in [0.05, 0.1) is 26.0 Å². The molecule has 8 heteroatoms. The fourth-order valence-electron chi connectivity index (χ4n) is 3.83. The summed E-state index contributed by atoms with van der Waals surface area (Å²) in [5, 5.41) is 3.36. The van der Waals surface area contributed by atoms with Crippen LogP contribution in [0, 0.1) is 0 Å². The van der Waals surface area contributed by atoms with Crippen LogP contribution in [0.25, 0.3) is 0 Å². The van der Waals surface area contributed by atoms with E-state index in [1.54, 1.807) is 7.11 Å². The Morgan fingerprint density at radius 3 is 2.55 bits per heavy atom. The quantitative estimate of drug-likeness (QED) is 0.754. The summed E-state index contributed by atoms with van der Waals surface area (Å²) in [5.41, 5.74) is 1.16. The normalized spacial score (nSPS) is 18.0. The van der Waals surface area contributed by atoms with Gasteiger partial charge in [-0.1, -0.05) is 12.1 Å². The van der Waals surface area contributed by atoms with Crippen molar-refractivity contribution in [1.29, 1.82) is 0 Å². The summed E-state index contributed by atoms with van der Waals surface area (Å²) in [5.74, 6) is 2.60. The van der Waals surface area contributed by atoms with E-state index < -0.39 is 0 Å². The second kappa shape index (κ2) is 9.76. The molecule has 2 aliphatic rings. The smallest absolute Gasteiger partial charge is 0.224 e. The van der Waals surface area contributed by atoms with Crippen LogP contribution in [0.4, 0.5) is 17.5 Å². The molecule has 1 aromatic heterocycles. The Labute approximate surface area is 172 Å². The number of nitrogens with zero attached hydrogens (tertiary/aromatic N) is 5. The number of methoxy groups -OCH3 is 1. The Bertz CT molecular complexity index is 775. The lowest BCUT2D eigenvalue weighted by Crippen LogP contribution is -2.47. The molecule has 0 saturated carbocycles. The number of para-hydroxylation sites is 2. The average molecular weight is 399 g/mol. The van der Waals surface area contributed by atoms with Crippen molar-refractivity contribution in [3.63, 3.8) is 0 Å². The predicted molar refractivity (Wildman–Crippen MR) is 115 cm³/mol. The van der Waals surface area contributed by atoms with Gasteiger partial charge in [-0.15, -0.1) is 0 Å². The van der Waals surface area contributed by atoms with E-state index in [9.17, 15) is 0 Å². The number of aromatic nitrogens is 2. The number of hydrogen-bond acceptors (Lipinski definition) is 8. The molecule has 29 heavy (non-hydrogen) atoms. The highest BCUT2D eigenvalue weighted by Gasteiger charge is 2.20. The van der Waals surface area contributed by atoms with E-state index in [0.29, 0.717) is 5.95 Å². The zero-order valence-corrected chi connectivity index (χ0v) is 17.1. The van der Waals surface area contributed by atoms with Gasteiger partial charge in [-0.25, -0.2) is 4.98 Å². The number of nitrogens with one attached hydrogen (secondary N) is 1. The molecule has 0 bridgehead atoms. The molecule has 0 unspecified atom stereocenters. The van der Waals surface area contributed by atoms with Gasteiger partial charge in [-0.05, 0) is 18.2 Å². The van der Waals surface area contributed by atoms with Crippen molar-refractivity contribution >= 4 is 17.5 Å².